The van der Waals surface area contributed by atoms with Gasteiger partial charge in [-0.25, -0.2) is 4.99 Å². The van der Waals surface area contributed by atoms with Crippen LogP contribution in [0.3, 0.4) is 0 Å². The number of halogens is 3. The van der Waals surface area contributed by atoms with Crippen LogP contribution in [0.5, 0.6) is 0 Å². The zero-order chi connectivity index (χ0) is 15.6. The van der Waals surface area contributed by atoms with Gasteiger partial charge in [-0.1, -0.05) is 6.07 Å². The number of benzene rings is 1. The first-order chi connectivity index (χ1) is 9.76. The Kier molecular flexibility index (Phi) is 4.86. The lowest BCUT2D eigenvalue weighted by atomic mass is 10.1. The Morgan fingerprint density at radius 2 is 1.95 bits per heavy atom. The van der Waals surface area contributed by atoms with Crippen LogP contribution in [-0.4, -0.2) is 36.3 Å². The summed E-state index contributed by atoms with van der Waals surface area (Å²) in [4.78, 5) is 7.38. The van der Waals surface area contributed by atoms with Crippen molar-refractivity contribution in [1.82, 2.24) is 4.90 Å². The van der Waals surface area contributed by atoms with E-state index in [4.69, 9.17) is 0 Å². The standard InChI is InChI=1S/C15H19F3N2S/c1-10-7-11(2)13(21-9-15(16,17)18)8-12(10)19-14-5-4-6-20(14)3/h7-8H,4-6,9H2,1-3H3/b19-14+. The van der Waals surface area contributed by atoms with Crippen molar-refractivity contribution < 1.29 is 13.2 Å². The van der Waals surface area contributed by atoms with Gasteiger partial charge in [-0.05, 0) is 37.5 Å². The Hall–Kier alpha value is -1.17. The Labute approximate surface area is 127 Å². The van der Waals surface area contributed by atoms with Gasteiger partial charge in [-0.3, -0.25) is 0 Å². The maximum Gasteiger partial charge on any atom is 0.398 e. The number of hydrogen-bond donors (Lipinski definition) is 0. The molecule has 0 N–H and O–H groups in total. The minimum Gasteiger partial charge on any atom is -0.363 e. The quantitative estimate of drug-likeness (QED) is 0.750. The summed E-state index contributed by atoms with van der Waals surface area (Å²) in [6.07, 6.45) is -2.15. The third-order valence-electron chi connectivity index (χ3n) is 3.47. The molecule has 0 spiro atoms. The molecular formula is C15H19F3N2S. The molecule has 0 bridgehead atoms. The van der Waals surface area contributed by atoms with Crippen LogP contribution in [0, 0.1) is 13.8 Å². The highest BCUT2D eigenvalue weighted by Crippen LogP contribution is 2.34. The van der Waals surface area contributed by atoms with E-state index in [0.717, 1.165) is 53.8 Å². The first-order valence-electron chi connectivity index (χ1n) is 6.86. The van der Waals surface area contributed by atoms with E-state index in [0.29, 0.717) is 4.90 Å². The van der Waals surface area contributed by atoms with Crippen molar-refractivity contribution in [3.63, 3.8) is 0 Å². The van der Waals surface area contributed by atoms with Crippen molar-refractivity contribution in [2.45, 2.75) is 37.8 Å². The average Bonchev–Trinajstić information content (AvgIpc) is 2.76. The summed E-state index contributed by atoms with van der Waals surface area (Å²) in [6.45, 7) is 4.77. The molecule has 2 nitrogen and oxygen atoms in total. The highest BCUT2D eigenvalue weighted by Gasteiger charge is 2.27. The van der Waals surface area contributed by atoms with E-state index < -0.39 is 11.9 Å². The van der Waals surface area contributed by atoms with E-state index in [1.54, 1.807) is 6.07 Å². The fraction of sp³-hybridized carbons (Fsp3) is 0.533. The summed E-state index contributed by atoms with van der Waals surface area (Å²) in [6, 6.07) is 3.69. The fourth-order valence-corrected chi connectivity index (χ4v) is 3.13. The molecule has 1 heterocycles. The SMILES string of the molecule is Cc1cc(C)c(SCC(F)(F)F)cc1/N=C1\CCCN1C. The van der Waals surface area contributed by atoms with Gasteiger partial charge in [-0.2, -0.15) is 13.2 Å². The zero-order valence-electron chi connectivity index (χ0n) is 12.4. The smallest absolute Gasteiger partial charge is 0.363 e. The van der Waals surface area contributed by atoms with Crippen LogP contribution in [0.4, 0.5) is 18.9 Å². The normalized spacial score (nSPS) is 17.8. The summed E-state index contributed by atoms with van der Waals surface area (Å²) >= 11 is 0.828. The maximum absolute atomic E-state index is 12.4. The predicted octanol–water partition coefficient (Wildman–Crippen LogP) is 4.71. The minimum absolute atomic E-state index is 0.651. The van der Waals surface area contributed by atoms with Gasteiger partial charge in [0.05, 0.1) is 11.4 Å². The zero-order valence-corrected chi connectivity index (χ0v) is 13.2. The van der Waals surface area contributed by atoms with Crippen molar-refractivity contribution in [2.75, 3.05) is 19.3 Å². The lowest BCUT2D eigenvalue weighted by Crippen LogP contribution is -2.18. The molecule has 6 heteroatoms. The minimum atomic E-state index is -4.15. The summed E-state index contributed by atoms with van der Waals surface area (Å²) in [5.41, 5.74) is 2.64. The number of amidine groups is 1. The highest BCUT2D eigenvalue weighted by molar-refractivity contribution is 7.99. The number of alkyl halides is 3. The largest absolute Gasteiger partial charge is 0.398 e. The van der Waals surface area contributed by atoms with E-state index >= 15 is 0 Å². The number of thioether (sulfide) groups is 1. The average molecular weight is 316 g/mol. The molecule has 21 heavy (non-hydrogen) atoms. The third kappa shape index (κ3) is 4.40. The first kappa shape index (κ1) is 16.2. The first-order valence-corrected chi connectivity index (χ1v) is 7.84. The fourth-order valence-electron chi connectivity index (χ4n) is 2.33. The molecule has 1 aromatic rings. The van der Waals surface area contributed by atoms with Gasteiger partial charge >= 0.3 is 6.18 Å². The molecule has 0 saturated carbocycles. The van der Waals surface area contributed by atoms with Crippen LogP contribution in [0.25, 0.3) is 0 Å². The molecule has 0 aliphatic carbocycles. The predicted molar refractivity (Wildman–Crippen MR) is 81.7 cm³/mol. The molecule has 1 fully saturated rings. The van der Waals surface area contributed by atoms with Gasteiger partial charge in [0.15, 0.2) is 0 Å². The van der Waals surface area contributed by atoms with Crippen LogP contribution in [0.1, 0.15) is 24.0 Å². The molecule has 1 aromatic carbocycles. The van der Waals surface area contributed by atoms with Crippen molar-refractivity contribution in [3.8, 4) is 0 Å². The Morgan fingerprint density at radius 1 is 1.24 bits per heavy atom. The van der Waals surface area contributed by atoms with Gasteiger partial charge in [0.25, 0.3) is 0 Å². The van der Waals surface area contributed by atoms with Gasteiger partial charge in [0, 0.05) is 24.9 Å². The van der Waals surface area contributed by atoms with E-state index in [-0.39, 0.29) is 0 Å². The summed E-state index contributed by atoms with van der Waals surface area (Å²) in [7, 11) is 1.99. The number of nitrogens with zero attached hydrogens (tertiary/aromatic N) is 2. The second-order valence-corrected chi connectivity index (χ2v) is 6.38. The van der Waals surface area contributed by atoms with Gasteiger partial charge < -0.3 is 4.90 Å². The number of rotatable bonds is 3. The second-order valence-electron chi connectivity index (χ2n) is 5.36. The van der Waals surface area contributed by atoms with E-state index in [1.807, 2.05) is 27.0 Å². The van der Waals surface area contributed by atoms with E-state index in [1.165, 1.54) is 0 Å². The van der Waals surface area contributed by atoms with Crippen LogP contribution in [-0.2, 0) is 0 Å². The molecule has 0 amide bonds. The molecule has 0 atom stereocenters. The molecule has 0 aromatic heterocycles. The van der Waals surface area contributed by atoms with E-state index in [9.17, 15) is 13.2 Å². The van der Waals surface area contributed by atoms with Crippen LogP contribution >= 0.6 is 11.8 Å². The van der Waals surface area contributed by atoms with Crippen LogP contribution in [0.2, 0.25) is 0 Å². The molecule has 1 saturated heterocycles. The maximum atomic E-state index is 12.4. The third-order valence-corrected chi connectivity index (χ3v) is 4.69. The Bertz CT molecular complexity index is 553. The summed E-state index contributed by atoms with van der Waals surface area (Å²) < 4.78 is 37.1. The number of aliphatic imine (C=N–C) groups is 1. The topological polar surface area (TPSA) is 15.6 Å². The Morgan fingerprint density at radius 3 is 2.52 bits per heavy atom. The number of aryl methyl sites for hydroxylation is 2. The molecule has 116 valence electrons. The van der Waals surface area contributed by atoms with Crippen molar-refractivity contribution in [3.05, 3.63) is 23.3 Å². The summed E-state index contributed by atoms with van der Waals surface area (Å²) in [5, 5.41) is 0. The van der Waals surface area contributed by atoms with Crippen LogP contribution in [0.15, 0.2) is 22.0 Å². The molecular weight excluding hydrogens is 297 g/mol. The Balaban J connectivity index is 2.26. The number of likely N-dealkylation sites (tertiary alicyclic amines) is 1. The molecule has 1 aliphatic rings. The van der Waals surface area contributed by atoms with Crippen molar-refractivity contribution >= 4 is 23.3 Å². The van der Waals surface area contributed by atoms with Crippen molar-refractivity contribution in [1.29, 1.82) is 0 Å². The monoisotopic (exact) mass is 316 g/mol. The van der Waals surface area contributed by atoms with Crippen LogP contribution < -0.4 is 0 Å². The molecule has 2 rings (SSSR count). The molecule has 1 aliphatic heterocycles. The van der Waals surface area contributed by atoms with Gasteiger partial charge in [0.1, 0.15) is 5.84 Å². The summed E-state index contributed by atoms with van der Waals surface area (Å²) in [5.74, 6) is 0.140. The van der Waals surface area contributed by atoms with Crippen molar-refractivity contribution in [2.24, 2.45) is 4.99 Å². The molecule has 0 radical (unpaired) electrons. The van der Waals surface area contributed by atoms with E-state index in [2.05, 4.69) is 9.89 Å². The van der Waals surface area contributed by atoms with Gasteiger partial charge in [-0.15, -0.1) is 11.8 Å². The lowest BCUT2D eigenvalue weighted by molar-refractivity contribution is -0.105. The molecule has 0 unspecified atom stereocenters. The number of hydrogen-bond acceptors (Lipinski definition) is 2. The lowest BCUT2D eigenvalue weighted by Gasteiger charge is -2.14. The highest BCUT2D eigenvalue weighted by atomic mass is 32.2. The van der Waals surface area contributed by atoms with Gasteiger partial charge in [0.2, 0.25) is 0 Å². The second kappa shape index (κ2) is 6.30.